The van der Waals surface area contributed by atoms with Gasteiger partial charge in [-0.3, -0.25) is 0 Å². The molecular formula is C32H19N3. The highest BCUT2D eigenvalue weighted by atomic mass is 15.0. The number of hydrogen-bond donors (Lipinski definition) is 0. The lowest BCUT2D eigenvalue weighted by Gasteiger charge is -2.17. The third kappa shape index (κ3) is 3.19. The molecule has 0 radical (unpaired) electrons. The van der Waals surface area contributed by atoms with Crippen LogP contribution in [0.15, 0.2) is 115 Å². The number of nitrogens with zero attached hydrogens (tertiary/aromatic N) is 3. The Bertz CT molecular complexity index is 1770. The SMILES string of the molecule is N#Cc1cccc(C#N)c1-c1ccc2c3ccccc3n(-c3ccccc3)c2c1-c1ccccc1. The van der Waals surface area contributed by atoms with E-state index in [0.717, 1.165) is 44.2 Å². The van der Waals surface area contributed by atoms with E-state index in [-0.39, 0.29) is 0 Å². The molecule has 35 heavy (non-hydrogen) atoms. The lowest BCUT2D eigenvalue weighted by molar-refractivity contribution is 1.18. The molecule has 6 aromatic rings. The van der Waals surface area contributed by atoms with Gasteiger partial charge in [0.25, 0.3) is 0 Å². The highest BCUT2D eigenvalue weighted by Crippen LogP contribution is 2.44. The summed E-state index contributed by atoms with van der Waals surface area (Å²) in [6.45, 7) is 0. The van der Waals surface area contributed by atoms with Crippen LogP contribution in [-0.2, 0) is 0 Å². The maximum atomic E-state index is 9.96. The number of nitriles is 2. The Labute approximate surface area is 203 Å². The van der Waals surface area contributed by atoms with Crippen molar-refractivity contribution in [3.05, 3.63) is 126 Å². The molecule has 3 heteroatoms. The zero-order valence-electron chi connectivity index (χ0n) is 18.8. The summed E-state index contributed by atoms with van der Waals surface area (Å²) in [6.07, 6.45) is 0. The molecule has 0 saturated heterocycles. The summed E-state index contributed by atoms with van der Waals surface area (Å²) in [5.41, 5.74) is 7.77. The molecule has 0 aliphatic carbocycles. The molecule has 1 aromatic heterocycles. The van der Waals surface area contributed by atoms with Gasteiger partial charge in [0.15, 0.2) is 0 Å². The van der Waals surface area contributed by atoms with Crippen molar-refractivity contribution in [1.82, 2.24) is 4.57 Å². The molecule has 0 amide bonds. The number of para-hydroxylation sites is 2. The van der Waals surface area contributed by atoms with Gasteiger partial charge in [0, 0.05) is 27.6 Å². The van der Waals surface area contributed by atoms with Crippen LogP contribution in [0, 0.1) is 22.7 Å². The maximum Gasteiger partial charge on any atom is 0.0998 e. The molecule has 6 rings (SSSR count). The van der Waals surface area contributed by atoms with Crippen LogP contribution in [0.2, 0.25) is 0 Å². The summed E-state index contributed by atoms with van der Waals surface area (Å²) in [5.74, 6) is 0. The normalized spacial score (nSPS) is 10.8. The number of fused-ring (bicyclic) bond motifs is 3. The molecule has 0 saturated carbocycles. The van der Waals surface area contributed by atoms with Gasteiger partial charge in [0.2, 0.25) is 0 Å². The third-order valence-electron chi connectivity index (χ3n) is 6.49. The Hall–Kier alpha value is -5.12. The molecule has 0 atom stereocenters. The van der Waals surface area contributed by atoms with Crippen molar-refractivity contribution in [2.75, 3.05) is 0 Å². The van der Waals surface area contributed by atoms with E-state index in [1.165, 1.54) is 0 Å². The zero-order valence-corrected chi connectivity index (χ0v) is 18.8. The largest absolute Gasteiger partial charge is 0.309 e. The van der Waals surface area contributed by atoms with E-state index in [9.17, 15) is 10.5 Å². The average Bonchev–Trinajstić information content (AvgIpc) is 3.27. The Morgan fingerprint density at radius 2 is 1.14 bits per heavy atom. The molecule has 0 bridgehead atoms. The third-order valence-corrected chi connectivity index (χ3v) is 6.49. The smallest absolute Gasteiger partial charge is 0.0998 e. The second-order valence-corrected chi connectivity index (χ2v) is 8.39. The molecule has 162 valence electrons. The van der Waals surface area contributed by atoms with Gasteiger partial charge in [-0.15, -0.1) is 0 Å². The van der Waals surface area contributed by atoms with E-state index in [1.807, 2.05) is 36.4 Å². The minimum Gasteiger partial charge on any atom is -0.309 e. The van der Waals surface area contributed by atoms with E-state index in [0.29, 0.717) is 16.7 Å². The van der Waals surface area contributed by atoms with Crippen LogP contribution < -0.4 is 0 Å². The minimum absolute atomic E-state index is 0.489. The second kappa shape index (κ2) is 8.34. The molecule has 1 heterocycles. The van der Waals surface area contributed by atoms with Crippen molar-refractivity contribution >= 4 is 21.8 Å². The number of aromatic nitrogens is 1. The fourth-order valence-electron chi connectivity index (χ4n) is 5.04. The first-order valence-corrected chi connectivity index (χ1v) is 11.4. The standard InChI is InChI=1S/C32H19N3/c33-20-23-12-9-13-24(21-34)30(23)28-19-18-27-26-16-7-8-17-29(26)35(25-14-5-2-6-15-25)32(27)31(28)22-10-3-1-4-11-22/h1-19H. The van der Waals surface area contributed by atoms with Crippen molar-refractivity contribution in [2.45, 2.75) is 0 Å². The second-order valence-electron chi connectivity index (χ2n) is 8.39. The summed E-state index contributed by atoms with van der Waals surface area (Å²) in [4.78, 5) is 0. The summed E-state index contributed by atoms with van der Waals surface area (Å²) >= 11 is 0. The van der Waals surface area contributed by atoms with E-state index in [2.05, 4.69) is 77.4 Å². The number of rotatable bonds is 3. The Balaban J connectivity index is 1.88. The fraction of sp³-hybridized carbons (Fsp3) is 0. The van der Waals surface area contributed by atoms with Crippen LogP contribution in [0.3, 0.4) is 0 Å². The topological polar surface area (TPSA) is 52.5 Å². The van der Waals surface area contributed by atoms with Crippen LogP contribution in [-0.4, -0.2) is 4.57 Å². The van der Waals surface area contributed by atoms with Crippen LogP contribution in [0.25, 0.3) is 49.7 Å². The summed E-state index contributed by atoms with van der Waals surface area (Å²) < 4.78 is 2.29. The van der Waals surface area contributed by atoms with E-state index in [4.69, 9.17) is 0 Å². The molecule has 0 aliphatic rings. The fourth-order valence-corrected chi connectivity index (χ4v) is 5.04. The molecular weight excluding hydrogens is 426 g/mol. The van der Waals surface area contributed by atoms with Crippen LogP contribution in [0.5, 0.6) is 0 Å². The van der Waals surface area contributed by atoms with Gasteiger partial charge in [-0.05, 0) is 41.5 Å². The predicted molar refractivity (Wildman–Crippen MR) is 141 cm³/mol. The monoisotopic (exact) mass is 445 g/mol. The van der Waals surface area contributed by atoms with Gasteiger partial charge in [-0.1, -0.05) is 84.9 Å². The molecule has 5 aromatic carbocycles. The maximum absolute atomic E-state index is 9.96. The van der Waals surface area contributed by atoms with E-state index in [1.54, 1.807) is 18.2 Å². The lowest BCUT2D eigenvalue weighted by atomic mass is 9.87. The van der Waals surface area contributed by atoms with Gasteiger partial charge < -0.3 is 4.57 Å². The van der Waals surface area contributed by atoms with Crippen molar-refractivity contribution in [2.24, 2.45) is 0 Å². The highest BCUT2D eigenvalue weighted by Gasteiger charge is 2.22. The number of hydrogen-bond acceptors (Lipinski definition) is 2. The first-order valence-electron chi connectivity index (χ1n) is 11.4. The minimum atomic E-state index is 0.489. The number of benzene rings is 5. The Morgan fingerprint density at radius 1 is 0.514 bits per heavy atom. The van der Waals surface area contributed by atoms with Crippen molar-refractivity contribution in [1.29, 1.82) is 10.5 Å². The first kappa shape index (κ1) is 20.5. The van der Waals surface area contributed by atoms with Crippen LogP contribution >= 0.6 is 0 Å². The average molecular weight is 446 g/mol. The zero-order chi connectivity index (χ0) is 23.8. The van der Waals surface area contributed by atoms with Gasteiger partial charge in [0.1, 0.15) is 0 Å². The summed E-state index contributed by atoms with van der Waals surface area (Å²) in [6, 6.07) is 43.1. The van der Waals surface area contributed by atoms with Gasteiger partial charge in [0.05, 0.1) is 34.3 Å². The summed E-state index contributed by atoms with van der Waals surface area (Å²) in [7, 11) is 0. The van der Waals surface area contributed by atoms with E-state index < -0.39 is 0 Å². The Kier molecular flexibility index (Phi) is 4.88. The molecule has 0 N–H and O–H groups in total. The Morgan fingerprint density at radius 3 is 1.83 bits per heavy atom. The van der Waals surface area contributed by atoms with Gasteiger partial charge in [-0.2, -0.15) is 10.5 Å². The molecule has 3 nitrogen and oxygen atoms in total. The van der Waals surface area contributed by atoms with E-state index >= 15 is 0 Å². The highest BCUT2D eigenvalue weighted by molar-refractivity contribution is 6.16. The van der Waals surface area contributed by atoms with Crippen LogP contribution in [0.4, 0.5) is 0 Å². The van der Waals surface area contributed by atoms with Crippen molar-refractivity contribution in [3.8, 4) is 40.1 Å². The first-order chi connectivity index (χ1) is 17.3. The van der Waals surface area contributed by atoms with Gasteiger partial charge in [-0.25, -0.2) is 0 Å². The molecule has 0 fully saturated rings. The summed E-state index contributed by atoms with van der Waals surface area (Å²) in [5, 5.41) is 22.2. The van der Waals surface area contributed by atoms with Crippen molar-refractivity contribution in [3.63, 3.8) is 0 Å². The quantitative estimate of drug-likeness (QED) is 0.278. The van der Waals surface area contributed by atoms with Crippen LogP contribution in [0.1, 0.15) is 11.1 Å². The molecule has 0 spiro atoms. The van der Waals surface area contributed by atoms with Crippen molar-refractivity contribution < 1.29 is 0 Å². The molecule has 0 unspecified atom stereocenters. The van der Waals surface area contributed by atoms with Gasteiger partial charge >= 0.3 is 0 Å². The lowest BCUT2D eigenvalue weighted by Crippen LogP contribution is -1.98. The molecule has 0 aliphatic heterocycles. The predicted octanol–water partition coefficient (Wildman–Crippen LogP) is 7.86.